The van der Waals surface area contributed by atoms with Crippen molar-refractivity contribution in [3.8, 4) is 5.75 Å². The molecule has 110 valence electrons. The summed E-state index contributed by atoms with van der Waals surface area (Å²) in [4.78, 5) is 0. The molecule has 0 saturated heterocycles. The Labute approximate surface area is 124 Å². The van der Waals surface area contributed by atoms with Crippen LogP contribution < -0.4 is 10.5 Å². The van der Waals surface area contributed by atoms with Crippen LogP contribution in [0.5, 0.6) is 5.75 Å². The summed E-state index contributed by atoms with van der Waals surface area (Å²) in [5.41, 5.74) is 6.20. The van der Waals surface area contributed by atoms with Crippen molar-refractivity contribution in [3.05, 3.63) is 29.8 Å². The number of rotatable bonds is 6. The molecule has 20 heavy (non-hydrogen) atoms. The summed E-state index contributed by atoms with van der Waals surface area (Å²) in [5.74, 6) is 1.97. The van der Waals surface area contributed by atoms with Crippen molar-refractivity contribution < 1.29 is 9.94 Å². The molecule has 1 aliphatic rings. The van der Waals surface area contributed by atoms with E-state index < -0.39 is 0 Å². The molecule has 0 radical (unpaired) electrons. The van der Waals surface area contributed by atoms with Gasteiger partial charge >= 0.3 is 0 Å². The Kier molecular flexibility index (Phi) is 6.05. The van der Waals surface area contributed by atoms with E-state index in [4.69, 9.17) is 15.7 Å². The van der Waals surface area contributed by atoms with Gasteiger partial charge in [0.05, 0.1) is 6.61 Å². The predicted molar refractivity (Wildman–Crippen MR) is 83.8 cm³/mol. The molecule has 1 aliphatic carbocycles. The molecule has 0 atom stereocenters. The molecule has 1 aromatic carbocycles. The Morgan fingerprint density at radius 3 is 2.60 bits per heavy atom. The van der Waals surface area contributed by atoms with Gasteiger partial charge in [0.1, 0.15) is 5.75 Å². The van der Waals surface area contributed by atoms with Crippen LogP contribution in [0.15, 0.2) is 29.4 Å². The topological polar surface area (TPSA) is 67.8 Å². The van der Waals surface area contributed by atoms with E-state index in [-0.39, 0.29) is 5.84 Å². The lowest BCUT2D eigenvalue weighted by atomic mass is 10.0. The van der Waals surface area contributed by atoms with Gasteiger partial charge in [0.2, 0.25) is 0 Å². The Bertz CT molecular complexity index is 428. The second-order valence-corrected chi connectivity index (χ2v) is 6.40. The molecule has 0 spiro atoms. The summed E-state index contributed by atoms with van der Waals surface area (Å²) < 4.78 is 5.70. The summed E-state index contributed by atoms with van der Waals surface area (Å²) in [6, 6.07) is 7.27. The Morgan fingerprint density at radius 1 is 1.25 bits per heavy atom. The van der Waals surface area contributed by atoms with E-state index in [0.29, 0.717) is 5.56 Å². The second kappa shape index (κ2) is 8.04. The van der Waals surface area contributed by atoms with E-state index in [1.54, 1.807) is 12.1 Å². The van der Waals surface area contributed by atoms with Crippen molar-refractivity contribution in [1.82, 2.24) is 0 Å². The molecule has 0 aliphatic heterocycles. The van der Waals surface area contributed by atoms with Crippen LogP contribution >= 0.6 is 11.8 Å². The average Bonchev–Trinajstić information content (AvgIpc) is 2.52. The van der Waals surface area contributed by atoms with Gasteiger partial charge in [-0.3, -0.25) is 0 Å². The van der Waals surface area contributed by atoms with E-state index in [1.165, 1.54) is 32.1 Å². The minimum absolute atomic E-state index is 0.115. The quantitative estimate of drug-likeness (QED) is 0.278. The summed E-state index contributed by atoms with van der Waals surface area (Å²) in [5, 5.41) is 12.4. The molecule has 1 aromatic rings. The minimum atomic E-state index is 0.115. The number of oxime groups is 1. The zero-order chi connectivity index (χ0) is 14.2. The van der Waals surface area contributed by atoms with Crippen LogP contribution in [0.1, 0.15) is 37.7 Å². The highest BCUT2D eigenvalue weighted by Crippen LogP contribution is 2.28. The Balaban J connectivity index is 1.68. The molecule has 0 amide bonds. The largest absolute Gasteiger partial charge is 0.493 e. The molecule has 5 heteroatoms. The monoisotopic (exact) mass is 294 g/mol. The van der Waals surface area contributed by atoms with Crippen molar-refractivity contribution in [1.29, 1.82) is 0 Å². The first-order valence-corrected chi connectivity index (χ1v) is 8.17. The highest BCUT2D eigenvalue weighted by atomic mass is 32.2. The first kappa shape index (κ1) is 15.0. The van der Waals surface area contributed by atoms with Gasteiger partial charge in [-0.2, -0.15) is 11.8 Å². The Hall–Kier alpha value is -1.36. The first-order valence-electron chi connectivity index (χ1n) is 7.12. The predicted octanol–water partition coefficient (Wildman–Crippen LogP) is 3.23. The second-order valence-electron chi connectivity index (χ2n) is 4.99. The number of nitrogens with two attached hydrogens (primary N) is 1. The van der Waals surface area contributed by atoms with Crippen LogP contribution in [0, 0.1) is 0 Å². The fourth-order valence-electron chi connectivity index (χ4n) is 2.39. The van der Waals surface area contributed by atoms with Gasteiger partial charge in [-0.25, -0.2) is 0 Å². The van der Waals surface area contributed by atoms with E-state index in [2.05, 4.69) is 5.16 Å². The van der Waals surface area contributed by atoms with Crippen molar-refractivity contribution >= 4 is 17.6 Å². The molecule has 1 saturated carbocycles. The molecular formula is C15H22N2O2S. The van der Waals surface area contributed by atoms with Gasteiger partial charge in [-0.15, -0.1) is 0 Å². The molecule has 0 aromatic heterocycles. The molecular weight excluding hydrogens is 272 g/mol. The highest BCUT2D eigenvalue weighted by Gasteiger charge is 2.13. The van der Waals surface area contributed by atoms with Crippen molar-refractivity contribution in [2.24, 2.45) is 10.9 Å². The minimum Gasteiger partial charge on any atom is -0.493 e. The molecule has 3 N–H and O–H groups in total. The van der Waals surface area contributed by atoms with Crippen LogP contribution in [0.3, 0.4) is 0 Å². The molecule has 2 rings (SSSR count). The average molecular weight is 294 g/mol. The number of nitrogens with zero attached hydrogens (tertiary/aromatic N) is 1. The van der Waals surface area contributed by atoms with E-state index >= 15 is 0 Å². The molecule has 0 unspecified atom stereocenters. The van der Waals surface area contributed by atoms with Crippen molar-refractivity contribution in [2.75, 3.05) is 12.4 Å². The van der Waals surface area contributed by atoms with Crippen LogP contribution in [0.25, 0.3) is 0 Å². The lowest BCUT2D eigenvalue weighted by Gasteiger charge is -2.20. The van der Waals surface area contributed by atoms with Crippen LogP contribution in [0.2, 0.25) is 0 Å². The van der Waals surface area contributed by atoms with E-state index in [1.807, 2.05) is 23.9 Å². The first-order chi connectivity index (χ1) is 9.79. The SMILES string of the molecule is N/C(=N/O)c1ccc(OCCSC2CCCCC2)cc1. The lowest BCUT2D eigenvalue weighted by molar-refractivity contribution is 0.318. The van der Waals surface area contributed by atoms with Crippen molar-refractivity contribution in [3.63, 3.8) is 0 Å². The summed E-state index contributed by atoms with van der Waals surface area (Å²) in [6.45, 7) is 0.726. The van der Waals surface area contributed by atoms with Gasteiger partial charge in [0, 0.05) is 16.6 Å². The third-order valence-electron chi connectivity index (χ3n) is 3.52. The molecule has 0 bridgehead atoms. The molecule has 4 nitrogen and oxygen atoms in total. The number of hydrogen-bond acceptors (Lipinski definition) is 4. The van der Waals surface area contributed by atoms with Crippen molar-refractivity contribution in [2.45, 2.75) is 37.4 Å². The number of benzene rings is 1. The maximum atomic E-state index is 8.58. The third kappa shape index (κ3) is 4.63. The third-order valence-corrected chi connectivity index (χ3v) is 4.86. The van der Waals surface area contributed by atoms with Gasteiger partial charge < -0.3 is 15.7 Å². The van der Waals surface area contributed by atoms with Gasteiger partial charge in [0.25, 0.3) is 0 Å². The van der Waals surface area contributed by atoms with Crippen LogP contribution in [-0.2, 0) is 0 Å². The fraction of sp³-hybridized carbons (Fsp3) is 0.533. The van der Waals surface area contributed by atoms with Gasteiger partial charge in [-0.1, -0.05) is 24.4 Å². The summed E-state index contributed by atoms with van der Waals surface area (Å²) >= 11 is 2.03. The summed E-state index contributed by atoms with van der Waals surface area (Å²) in [6.07, 6.45) is 6.89. The standard InChI is InChI=1S/C15H22N2O2S/c16-15(17-18)12-6-8-13(9-7-12)19-10-11-20-14-4-2-1-3-5-14/h6-9,14,18H,1-5,10-11H2,(H2,16,17). The number of thioether (sulfide) groups is 1. The molecule has 1 fully saturated rings. The molecule has 0 heterocycles. The van der Waals surface area contributed by atoms with Gasteiger partial charge in [0.15, 0.2) is 5.84 Å². The smallest absolute Gasteiger partial charge is 0.170 e. The van der Waals surface area contributed by atoms with Crippen LogP contribution in [-0.4, -0.2) is 28.7 Å². The summed E-state index contributed by atoms with van der Waals surface area (Å²) in [7, 11) is 0. The fourth-order valence-corrected chi connectivity index (χ4v) is 3.57. The van der Waals surface area contributed by atoms with E-state index in [0.717, 1.165) is 23.4 Å². The Morgan fingerprint density at radius 2 is 1.95 bits per heavy atom. The lowest BCUT2D eigenvalue weighted by Crippen LogP contribution is -2.13. The van der Waals surface area contributed by atoms with E-state index in [9.17, 15) is 0 Å². The maximum absolute atomic E-state index is 8.58. The van der Waals surface area contributed by atoms with Gasteiger partial charge in [-0.05, 0) is 37.1 Å². The maximum Gasteiger partial charge on any atom is 0.170 e. The zero-order valence-electron chi connectivity index (χ0n) is 11.6. The van der Waals surface area contributed by atoms with Crippen LogP contribution in [0.4, 0.5) is 0 Å². The normalized spacial score (nSPS) is 17.1. The number of hydrogen-bond donors (Lipinski definition) is 2. The number of ether oxygens (including phenoxy) is 1. The zero-order valence-corrected chi connectivity index (χ0v) is 12.4. The number of amidine groups is 1. The highest BCUT2D eigenvalue weighted by molar-refractivity contribution is 7.99.